The predicted octanol–water partition coefficient (Wildman–Crippen LogP) is 2.04. The van der Waals surface area contributed by atoms with Gasteiger partial charge in [-0.3, -0.25) is 4.99 Å². The van der Waals surface area contributed by atoms with Crippen molar-refractivity contribution in [2.45, 2.75) is 6.42 Å². The molecule has 0 amide bonds. The fraction of sp³-hybridized carbons (Fsp3) is 0.421. The lowest BCUT2D eigenvalue weighted by molar-refractivity contribution is 0.370. The Kier molecular flexibility index (Phi) is 8.56. The lowest BCUT2D eigenvalue weighted by Gasteiger charge is -2.36. The van der Waals surface area contributed by atoms with Gasteiger partial charge >= 0.3 is 0 Å². The minimum atomic E-state index is 0. The average molecular weight is 482 g/mol. The lowest BCUT2D eigenvalue weighted by atomic mass is 10.1. The zero-order valence-electron chi connectivity index (χ0n) is 15.8. The maximum Gasteiger partial charge on any atom is 0.225 e. The molecule has 0 atom stereocenters. The summed E-state index contributed by atoms with van der Waals surface area (Å²) in [6, 6.07) is 9.96. The minimum absolute atomic E-state index is 0. The van der Waals surface area contributed by atoms with E-state index >= 15 is 0 Å². The Bertz CT molecular complexity index is 719. The third-order valence-electron chi connectivity index (χ3n) is 4.50. The summed E-state index contributed by atoms with van der Waals surface area (Å²) in [6.07, 6.45) is 4.46. The second kappa shape index (κ2) is 10.9. The number of rotatable bonds is 5. The van der Waals surface area contributed by atoms with Crippen LogP contribution in [0.4, 0.5) is 5.95 Å². The van der Waals surface area contributed by atoms with Crippen LogP contribution in [-0.2, 0) is 6.42 Å². The molecule has 1 N–H and O–H groups in total. The van der Waals surface area contributed by atoms with Gasteiger partial charge in [-0.25, -0.2) is 9.97 Å². The number of ether oxygens (including phenoxy) is 1. The summed E-state index contributed by atoms with van der Waals surface area (Å²) in [5.74, 6) is 2.67. The Labute approximate surface area is 177 Å². The molecule has 0 bridgehead atoms. The van der Waals surface area contributed by atoms with Gasteiger partial charge in [0.05, 0.1) is 7.11 Å². The Balaban J connectivity index is 0.00000261. The van der Waals surface area contributed by atoms with Crippen LogP contribution in [0.1, 0.15) is 5.56 Å². The van der Waals surface area contributed by atoms with Crippen molar-refractivity contribution < 1.29 is 4.74 Å². The molecule has 27 heavy (non-hydrogen) atoms. The van der Waals surface area contributed by atoms with Crippen LogP contribution in [0.3, 0.4) is 0 Å². The first kappa shape index (κ1) is 21.2. The zero-order chi connectivity index (χ0) is 18.2. The monoisotopic (exact) mass is 482 g/mol. The minimum Gasteiger partial charge on any atom is -0.496 e. The molecule has 2 aromatic rings. The van der Waals surface area contributed by atoms with Crippen LogP contribution in [0.25, 0.3) is 0 Å². The molecular formula is C19H27IN6O. The van der Waals surface area contributed by atoms with Gasteiger partial charge in [0.15, 0.2) is 5.96 Å². The molecule has 0 saturated carbocycles. The lowest BCUT2D eigenvalue weighted by Crippen LogP contribution is -2.53. The van der Waals surface area contributed by atoms with Gasteiger partial charge in [-0.05, 0) is 24.1 Å². The van der Waals surface area contributed by atoms with E-state index in [4.69, 9.17) is 4.74 Å². The maximum atomic E-state index is 5.41. The third kappa shape index (κ3) is 5.69. The van der Waals surface area contributed by atoms with Gasteiger partial charge in [0.25, 0.3) is 0 Å². The van der Waals surface area contributed by atoms with Gasteiger partial charge < -0.3 is 19.9 Å². The van der Waals surface area contributed by atoms with Crippen molar-refractivity contribution in [3.05, 3.63) is 48.3 Å². The molecule has 1 aliphatic rings. The number of anilines is 1. The van der Waals surface area contributed by atoms with Crippen LogP contribution >= 0.6 is 24.0 Å². The van der Waals surface area contributed by atoms with Gasteiger partial charge in [-0.1, -0.05) is 18.2 Å². The highest BCUT2D eigenvalue weighted by Crippen LogP contribution is 2.17. The van der Waals surface area contributed by atoms with Crippen LogP contribution in [-0.4, -0.2) is 67.7 Å². The molecule has 1 saturated heterocycles. The predicted molar refractivity (Wildman–Crippen MR) is 119 cm³/mol. The van der Waals surface area contributed by atoms with Crippen LogP contribution in [0.5, 0.6) is 5.75 Å². The van der Waals surface area contributed by atoms with Crippen LogP contribution in [0.15, 0.2) is 47.7 Å². The fourth-order valence-corrected chi connectivity index (χ4v) is 3.12. The number of nitrogens with one attached hydrogen (secondary N) is 1. The Morgan fingerprint density at radius 2 is 1.81 bits per heavy atom. The number of piperazine rings is 1. The van der Waals surface area contributed by atoms with Crippen molar-refractivity contribution in [2.24, 2.45) is 4.99 Å². The molecular weight excluding hydrogens is 455 g/mol. The van der Waals surface area contributed by atoms with E-state index in [9.17, 15) is 0 Å². The summed E-state index contributed by atoms with van der Waals surface area (Å²) < 4.78 is 5.41. The highest BCUT2D eigenvalue weighted by Gasteiger charge is 2.20. The molecule has 3 rings (SSSR count). The standard InChI is InChI=1S/C19H26N6O.HI/c1-20-18(23-11-8-16-6-3-4-7-17(16)26-2)24-12-14-25(15-13-24)19-21-9-5-10-22-19;/h3-7,9-10H,8,11-15H2,1-2H3,(H,20,23);1H. The number of methoxy groups -OCH3 is 1. The number of hydrogen-bond acceptors (Lipinski definition) is 5. The number of aromatic nitrogens is 2. The quantitative estimate of drug-likeness (QED) is 0.400. The molecule has 2 heterocycles. The van der Waals surface area contributed by atoms with Crippen molar-refractivity contribution in [3.63, 3.8) is 0 Å². The van der Waals surface area contributed by atoms with Gasteiger partial charge in [-0.2, -0.15) is 0 Å². The van der Waals surface area contributed by atoms with Crippen LogP contribution < -0.4 is 15.0 Å². The molecule has 0 radical (unpaired) electrons. The number of benzene rings is 1. The highest BCUT2D eigenvalue weighted by atomic mass is 127. The maximum absolute atomic E-state index is 5.41. The number of halogens is 1. The normalized spacial score (nSPS) is 14.5. The van der Waals surface area contributed by atoms with Gasteiger partial charge in [-0.15, -0.1) is 24.0 Å². The van der Waals surface area contributed by atoms with E-state index in [0.717, 1.165) is 56.8 Å². The fourth-order valence-electron chi connectivity index (χ4n) is 3.12. The summed E-state index contributed by atoms with van der Waals surface area (Å²) >= 11 is 0. The molecule has 8 heteroatoms. The second-order valence-electron chi connectivity index (χ2n) is 6.06. The number of nitrogens with zero attached hydrogens (tertiary/aromatic N) is 5. The van der Waals surface area contributed by atoms with Gasteiger partial charge in [0.2, 0.25) is 5.95 Å². The van der Waals surface area contributed by atoms with Crippen molar-refractivity contribution in [1.29, 1.82) is 0 Å². The van der Waals surface area contributed by atoms with Gasteiger partial charge in [0.1, 0.15) is 5.75 Å². The Hall–Kier alpha value is -2.10. The molecule has 0 spiro atoms. The molecule has 0 aliphatic carbocycles. The van der Waals surface area contributed by atoms with Crippen molar-refractivity contribution >= 4 is 35.9 Å². The van der Waals surface area contributed by atoms with Crippen molar-refractivity contribution in [2.75, 3.05) is 51.8 Å². The van der Waals surface area contributed by atoms with E-state index in [2.05, 4.69) is 36.1 Å². The summed E-state index contributed by atoms with van der Waals surface area (Å²) in [5, 5.41) is 3.46. The summed E-state index contributed by atoms with van der Waals surface area (Å²) in [7, 11) is 3.54. The molecule has 0 unspecified atom stereocenters. The van der Waals surface area contributed by atoms with E-state index in [1.807, 2.05) is 31.3 Å². The smallest absolute Gasteiger partial charge is 0.225 e. The van der Waals surface area contributed by atoms with E-state index in [1.165, 1.54) is 5.56 Å². The number of para-hydroxylation sites is 1. The van der Waals surface area contributed by atoms with E-state index in [1.54, 1.807) is 19.5 Å². The molecule has 7 nitrogen and oxygen atoms in total. The number of aliphatic imine (C=N–C) groups is 1. The first-order valence-corrected chi connectivity index (χ1v) is 8.91. The molecule has 1 aliphatic heterocycles. The molecule has 1 aromatic carbocycles. The first-order chi connectivity index (χ1) is 12.8. The van der Waals surface area contributed by atoms with E-state index in [-0.39, 0.29) is 24.0 Å². The van der Waals surface area contributed by atoms with Gasteiger partial charge in [0, 0.05) is 52.2 Å². The summed E-state index contributed by atoms with van der Waals surface area (Å²) in [4.78, 5) is 17.6. The highest BCUT2D eigenvalue weighted by molar-refractivity contribution is 14.0. The van der Waals surface area contributed by atoms with Crippen LogP contribution in [0.2, 0.25) is 0 Å². The van der Waals surface area contributed by atoms with E-state index in [0.29, 0.717) is 0 Å². The molecule has 1 fully saturated rings. The summed E-state index contributed by atoms with van der Waals surface area (Å²) in [5.41, 5.74) is 1.20. The van der Waals surface area contributed by atoms with Crippen molar-refractivity contribution in [1.82, 2.24) is 20.2 Å². The second-order valence-corrected chi connectivity index (χ2v) is 6.06. The Morgan fingerprint density at radius 1 is 1.11 bits per heavy atom. The molecule has 146 valence electrons. The molecule has 1 aromatic heterocycles. The summed E-state index contributed by atoms with van der Waals surface area (Å²) in [6.45, 7) is 4.38. The largest absolute Gasteiger partial charge is 0.496 e. The number of guanidine groups is 1. The van der Waals surface area contributed by atoms with Crippen molar-refractivity contribution in [3.8, 4) is 5.75 Å². The SMILES string of the molecule is CN=C(NCCc1ccccc1OC)N1CCN(c2ncccn2)CC1.I. The Morgan fingerprint density at radius 3 is 2.48 bits per heavy atom. The average Bonchev–Trinajstić information content (AvgIpc) is 2.72. The zero-order valence-corrected chi connectivity index (χ0v) is 18.2. The number of hydrogen-bond donors (Lipinski definition) is 1. The topological polar surface area (TPSA) is 65.9 Å². The third-order valence-corrected chi connectivity index (χ3v) is 4.50. The van der Waals surface area contributed by atoms with E-state index < -0.39 is 0 Å². The van der Waals surface area contributed by atoms with Crippen LogP contribution in [0, 0.1) is 0 Å². The first-order valence-electron chi connectivity index (χ1n) is 8.91.